The molecule has 0 spiro atoms. The molecule has 0 bridgehead atoms. The lowest BCUT2D eigenvalue weighted by Gasteiger charge is -1.82. The van der Waals surface area contributed by atoms with Crippen molar-refractivity contribution < 1.29 is 0 Å². The van der Waals surface area contributed by atoms with Crippen LogP contribution in [0.3, 0.4) is 0 Å². The largest absolute Gasteiger partial charge is 0.264 e. The number of pyridine rings is 1. The first kappa shape index (κ1) is 11.0. The molecule has 0 aromatic carbocycles. The molecule has 0 aliphatic heterocycles. The normalized spacial score (nSPS) is 6.78. The Hall–Kier alpha value is -0.850. The number of aromatic nitrogens is 1. The van der Waals surface area contributed by atoms with Crippen LogP contribution >= 0.6 is 0 Å². The van der Waals surface area contributed by atoms with Crippen LogP contribution < -0.4 is 0 Å². The van der Waals surface area contributed by atoms with Gasteiger partial charge in [0.2, 0.25) is 0 Å². The van der Waals surface area contributed by atoms with Crippen LogP contribution in [0.2, 0.25) is 0 Å². The SMILES string of the molecule is C.C.Cc1cccnc1. The van der Waals surface area contributed by atoms with E-state index in [9.17, 15) is 0 Å². The van der Waals surface area contributed by atoms with Gasteiger partial charge in [-0.3, -0.25) is 4.98 Å². The van der Waals surface area contributed by atoms with Gasteiger partial charge in [0.05, 0.1) is 0 Å². The van der Waals surface area contributed by atoms with Crippen LogP contribution in [0.25, 0.3) is 0 Å². The molecule has 1 rings (SSSR count). The first-order chi connectivity index (χ1) is 3.39. The Morgan fingerprint density at radius 3 is 2.22 bits per heavy atom. The van der Waals surface area contributed by atoms with Crippen LogP contribution in [-0.2, 0) is 0 Å². The van der Waals surface area contributed by atoms with E-state index in [-0.39, 0.29) is 14.9 Å². The third kappa shape index (κ3) is 3.71. The fourth-order valence-electron chi connectivity index (χ4n) is 0.448. The molecule has 0 aliphatic carbocycles. The number of nitrogens with zero attached hydrogens (tertiary/aromatic N) is 1. The molecule has 0 saturated heterocycles. The van der Waals surface area contributed by atoms with Crippen molar-refractivity contribution in [2.45, 2.75) is 21.8 Å². The standard InChI is InChI=1S/C6H7N.2CH4/c1-6-3-2-4-7-5-6;;/h2-5H,1H3;2*1H4. The van der Waals surface area contributed by atoms with E-state index in [0.717, 1.165) is 0 Å². The van der Waals surface area contributed by atoms with Crippen LogP contribution in [0, 0.1) is 6.92 Å². The summed E-state index contributed by atoms with van der Waals surface area (Å²) in [5, 5.41) is 0. The highest BCUT2D eigenvalue weighted by Gasteiger charge is 1.73. The predicted octanol–water partition coefficient (Wildman–Crippen LogP) is 2.66. The molecular weight excluding hydrogens is 110 g/mol. The second-order valence-corrected chi connectivity index (χ2v) is 1.53. The zero-order valence-electron chi connectivity index (χ0n) is 4.26. The maximum absolute atomic E-state index is 3.88. The highest BCUT2D eigenvalue weighted by atomic mass is 14.6. The van der Waals surface area contributed by atoms with Crippen molar-refractivity contribution in [1.82, 2.24) is 4.98 Å². The third-order valence-corrected chi connectivity index (χ3v) is 0.809. The Balaban J connectivity index is 0. The van der Waals surface area contributed by atoms with E-state index in [1.807, 2.05) is 25.3 Å². The summed E-state index contributed by atoms with van der Waals surface area (Å²) in [4.78, 5) is 3.88. The van der Waals surface area contributed by atoms with Crippen LogP contribution in [-0.4, -0.2) is 4.98 Å². The smallest absolute Gasteiger partial charge is 0.0297 e. The summed E-state index contributed by atoms with van der Waals surface area (Å²) in [7, 11) is 0. The summed E-state index contributed by atoms with van der Waals surface area (Å²) in [6.45, 7) is 2.02. The van der Waals surface area contributed by atoms with Crippen molar-refractivity contribution in [2.75, 3.05) is 0 Å². The van der Waals surface area contributed by atoms with Crippen LogP contribution in [0.15, 0.2) is 24.5 Å². The average Bonchev–Trinajstić information content (AvgIpc) is 1.69. The number of aryl methyl sites for hydroxylation is 1. The molecule has 52 valence electrons. The minimum Gasteiger partial charge on any atom is -0.264 e. The van der Waals surface area contributed by atoms with E-state index in [0.29, 0.717) is 0 Å². The molecule has 0 fully saturated rings. The summed E-state index contributed by atoms with van der Waals surface area (Å²) in [5.74, 6) is 0. The Kier molecular flexibility index (Phi) is 6.47. The molecule has 1 heterocycles. The van der Waals surface area contributed by atoms with Crippen LogP contribution in [0.5, 0.6) is 0 Å². The molecule has 0 atom stereocenters. The van der Waals surface area contributed by atoms with E-state index in [1.54, 1.807) is 6.20 Å². The molecular formula is C8H15N. The van der Waals surface area contributed by atoms with E-state index >= 15 is 0 Å². The minimum absolute atomic E-state index is 0. The highest BCUT2D eigenvalue weighted by molar-refractivity contribution is 5.04. The molecule has 0 radical (unpaired) electrons. The number of rotatable bonds is 0. The topological polar surface area (TPSA) is 12.9 Å². The molecule has 1 nitrogen and oxygen atoms in total. The molecule has 0 aliphatic rings. The first-order valence-corrected chi connectivity index (χ1v) is 2.26. The van der Waals surface area contributed by atoms with E-state index < -0.39 is 0 Å². The van der Waals surface area contributed by atoms with Gasteiger partial charge in [0.25, 0.3) is 0 Å². The van der Waals surface area contributed by atoms with Gasteiger partial charge in [0.1, 0.15) is 0 Å². The maximum atomic E-state index is 3.88. The molecule has 9 heavy (non-hydrogen) atoms. The zero-order chi connectivity index (χ0) is 5.11. The van der Waals surface area contributed by atoms with Crippen molar-refractivity contribution >= 4 is 0 Å². The van der Waals surface area contributed by atoms with Gasteiger partial charge < -0.3 is 0 Å². The minimum atomic E-state index is 0. The Labute approximate surface area is 57.8 Å². The monoisotopic (exact) mass is 125 g/mol. The second-order valence-electron chi connectivity index (χ2n) is 1.53. The summed E-state index contributed by atoms with van der Waals surface area (Å²) in [6, 6.07) is 3.95. The Morgan fingerprint density at radius 1 is 1.33 bits per heavy atom. The summed E-state index contributed by atoms with van der Waals surface area (Å²) in [5.41, 5.74) is 1.21. The van der Waals surface area contributed by atoms with Gasteiger partial charge in [-0.25, -0.2) is 0 Å². The van der Waals surface area contributed by atoms with Crippen molar-refractivity contribution in [3.63, 3.8) is 0 Å². The Bertz CT molecular complexity index is 134. The van der Waals surface area contributed by atoms with Gasteiger partial charge in [-0.05, 0) is 18.6 Å². The Morgan fingerprint density at radius 2 is 2.00 bits per heavy atom. The average molecular weight is 125 g/mol. The lowest BCUT2D eigenvalue weighted by atomic mass is 10.3. The van der Waals surface area contributed by atoms with E-state index in [2.05, 4.69) is 4.98 Å². The molecule has 1 aromatic rings. The quantitative estimate of drug-likeness (QED) is 0.519. The summed E-state index contributed by atoms with van der Waals surface area (Å²) < 4.78 is 0. The first-order valence-electron chi connectivity index (χ1n) is 2.26. The zero-order valence-corrected chi connectivity index (χ0v) is 4.26. The van der Waals surface area contributed by atoms with E-state index in [4.69, 9.17) is 0 Å². The van der Waals surface area contributed by atoms with Crippen LogP contribution in [0.1, 0.15) is 20.4 Å². The fraction of sp³-hybridized carbons (Fsp3) is 0.375. The maximum Gasteiger partial charge on any atom is 0.0297 e. The second kappa shape index (κ2) is 5.29. The van der Waals surface area contributed by atoms with Gasteiger partial charge >= 0.3 is 0 Å². The van der Waals surface area contributed by atoms with E-state index in [1.165, 1.54) is 5.56 Å². The van der Waals surface area contributed by atoms with Gasteiger partial charge in [-0.2, -0.15) is 0 Å². The lowest BCUT2D eigenvalue weighted by molar-refractivity contribution is 1.27. The molecule has 0 N–H and O–H groups in total. The highest BCUT2D eigenvalue weighted by Crippen LogP contribution is 1.88. The number of hydrogen-bond acceptors (Lipinski definition) is 1. The molecule has 0 saturated carbocycles. The summed E-state index contributed by atoms with van der Waals surface area (Å²) in [6.07, 6.45) is 3.60. The molecule has 0 amide bonds. The van der Waals surface area contributed by atoms with Crippen molar-refractivity contribution in [3.8, 4) is 0 Å². The van der Waals surface area contributed by atoms with Crippen molar-refractivity contribution in [3.05, 3.63) is 30.1 Å². The molecule has 1 heteroatoms. The lowest BCUT2D eigenvalue weighted by Crippen LogP contribution is -1.69. The van der Waals surface area contributed by atoms with Gasteiger partial charge in [0.15, 0.2) is 0 Å². The van der Waals surface area contributed by atoms with Crippen LogP contribution in [0.4, 0.5) is 0 Å². The van der Waals surface area contributed by atoms with Gasteiger partial charge in [-0.1, -0.05) is 20.9 Å². The predicted molar refractivity (Wildman–Crippen MR) is 42.4 cm³/mol. The molecule has 0 unspecified atom stereocenters. The van der Waals surface area contributed by atoms with Gasteiger partial charge in [-0.15, -0.1) is 0 Å². The number of hydrogen-bond donors (Lipinski definition) is 0. The van der Waals surface area contributed by atoms with Crippen molar-refractivity contribution in [2.24, 2.45) is 0 Å². The van der Waals surface area contributed by atoms with Crippen molar-refractivity contribution in [1.29, 1.82) is 0 Å². The third-order valence-electron chi connectivity index (χ3n) is 0.809. The summed E-state index contributed by atoms with van der Waals surface area (Å²) >= 11 is 0. The van der Waals surface area contributed by atoms with Gasteiger partial charge in [0, 0.05) is 12.4 Å². The molecule has 1 aromatic heterocycles. The fourth-order valence-corrected chi connectivity index (χ4v) is 0.448.